The molecular formula is C10H15N5O2. The summed E-state index contributed by atoms with van der Waals surface area (Å²) >= 11 is 0. The second-order valence-corrected chi connectivity index (χ2v) is 4.29. The van der Waals surface area contributed by atoms with Crippen LogP contribution in [-0.4, -0.2) is 45.0 Å². The molecule has 0 aromatic carbocycles. The van der Waals surface area contributed by atoms with E-state index >= 15 is 0 Å². The Labute approximate surface area is 98.6 Å². The zero-order valence-corrected chi connectivity index (χ0v) is 9.64. The van der Waals surface area contributed by atoms with Gasteiger partial charge in [0.25, 0.3) is 0 Å². The Balaban J connectivity index is 1.92. The molecule has 1 aromatic rings. The predicted octanol–water partition coefficient (Wildman–Crippen LogP) is 0.00170. The summed E-state index contributed by atoms with van der Waals surface area (Å²) in [6.07, 6.45) is 3.32. The average Bonchev–Trinajstić information content (AvgIpc) is 2.80. The minimum Gasteiger partial charge on any atom is -0.334 e. The van der Waals surface area contributed by atoms with Crippen molar-refractivity contribution in [3.63, 3.8) is 0 Å². The molecule has 17 heavy (non-hydrogen) atoms. The van der Waals surface area contributed by atoms with Crippen molar-refractivity contribution in [1.82, 2.24) is 20.1 Å². The van der Waals surface area contributed by atoms with E-state index in [0.717, 1.165) is 12.8 Å². The fourth-order valence-corrected chi connectivity index (χ4v) is 1.94. The molecule has 92 valence electrons. The molecule has 0 saturated carbocycles. The van der Waals surface area contributed by atoms with Gasteiger partial charge in [0.2, 0.25) is 5.95 Å². The van der Waals surface area contributed by atoms with E-state index in [4.69, 9.17) is 0 Å². The maximum atomic E-state index is 11.8. The Bertz CT molecular complexity index is 403. The minimum absolute atomic E-state index is 0.188. The highest BCUT2D eigenvalue weighted by Gasteiger charge is 2.26. The van der Waals surface area contributed by atoms with Gasteiger partial charge in [-0.25, -0.2) is 5.10 Å². The number of hydrogen-bond acceptors (Lipinski definition) is 4. The van der Waals surface area contributed by atoms with Gasteiger partial charge in [-0.15, -0.1) is 0 Å². The van der Waals surface area contributed by atoms with Crippen LogP contribution in [0.4, 0.5) is 5.95 Å². The number of aromatic nitrogens is 3. The highest BCUT2D eigenvalue weighted by molar-refractivity contribution is 6.39. The summed E-state index contributed by atoms with van der Waals surface area (Å²) in [5.41, 5.74) is 0. The molecule has 0 spiro atoms. The molecule has 7 nitrogen and oxygen atoms in total. The van der Waals surface area contributed by atoms with Crippen molar-refractivity contribution in [1.29, 1.82) is 0 Å². The zero-order chi connectivity index (χ0) is 12.3. The van der Waals surface area contributed by atoms with Crippen LogP contribution in [0, 0.1) is 5.92 Å². The summed E-state index contributed by atoms with van der Waals surface area (Å²) in [5, 5.41) is 8.43. The molecule has 1 aromatic heterocycles. The van der Waals surface area contributed by atoms with Gasteiger partial charge in [-0.05, 0) is 18.8 Å². The topological polar surface area (TPSA) is 91.0 Å². The van der Waals surface area contributed by atoms with Gasteiger partial charge in [0.05, 0.1) is 0 Å². The van der Waals surface area contributed by atoms with E-state index in [1.54, 1.807) is 4.90 Å². The number of nitrogens with one attached hydrogen (secondary N) is 2. The smallest absolute Gasteiger partial charge is 0.316 e. The first kappa shape index (κ1) is 11.6. The maximum Gasteiger partial charge on any atom is 0.316 e. The van der Waals surface area contributed by atoms with E-state index in [9.17, 15) is 9.59 Å². The lowest BCUT2D eigenvalue weighted by molar-refractivity contribution is -0.144. The molecule has 1 aliphatic rings. The van der Waals surface area contributed by atoms with Crippen LogP contribution in [0.5, 0.6) is 0 Å². The SMILES string of the molecule is CC1CCCN(C(=O)C(=O)Nc2ncn[nH]2)C1. The Morgan fingerprint density at radius 3 is 3.06 bits per heavy atom. The van der Waals surface area contributed by atoms with Crippen LogP contribution in [0.1, 0.15) is 19.8 Å². The number of rotatable bonds is 1. The van der Waals surface area contributed by atoms with Gasteiger partial charge >= 0.3 is 11.8 Å². The standard InChI is InChI=1S/C10H15N5O2/c1-7-3-2-4-15(5-7)9(17)8(16)13-10-11-6-12-14-10/h6-7H,2-5H2,1H3,(H2,11,12,13,14,16). The van der Waals surface area contributed by atoms with Crippen molar-refractivity contribution in [2.45, 2.75) is 19.8 Å². The first-order valence-corrected chi connectivity index (χ1v) is 5.62. The van der Waals surface area contributed by atoms with Crippen molar-refractivity contribution >= 4 is 17.8 Å². The third kappa shape index (κ3) is 2.80. The highest BCUT2D eigenvalue weighted by atomic mass is 16.2. The van der Waals surface area contributed by atoms with Gasteiger partial charge in [-0.3, -0.25) is 14.9 Å². The molecule has 2 N–H and O–H groups in total. The Morgan fingerprint density at radius 1 is 1.59 bits per heavy atom. The Hall–Kier alpha value is -1.92. The Morgan fingerprint density at radius 2 is 2.41 bits per heavy atom. The van der Waals surface area contributed by atoms with Crippen LogP contribution < -0.4 is 5.32 Å². The normalized spacial score (nSPS) is 20.1. The molecule has 1 fully saturated rings. The van der Waals surface area contributed by atoms with E-state index in [2.05, 4.69) is 27.4 Å². The van der Waals surface area contributed by atoms with Gasteiger partial charge in [0.15, 0.2) is 0 Å². The van der Waals surface area contributed by atoms with Crippen molar-refractivity contribution in [3.8, 4) is 0 Å². The van der Waals surface area contributed by atoms with Gasteiger partial charge in [0, 0.05) is 13.1 Å². The highest BCUT2D eigenvalue weighted by Crippen LogP contribution is 2.15. The van der Waals surface area contributed by atoms with E-state index < -0.39 is 11.8 Å². The van der Waals surface area contributed by atoms with Crippen molar-refractivity contribution < 1.29 is 9.59 Å². The molecule has 1 aliphatic heterocycles. The molecule has 1 atom stereocenters. The summed E-state index contributed by atoms with van der Waals surface area (Å²) in [6.45, 7) is 3.36. The first-order chi connectivity index (χ1) is 8.16. The molecular weight excluding hydrogens is 222 g/mol. The van der Waals surface area contributed by atoms with Crippen molar-refractivity contribution in [3.05, 3.63) is 6.33 Å². The molecule has 0 aliphatic carbocycles. The van der Waals surface area contributed by atoms with Gasteiger partial charge in [-0.2, -0.15) is 10.1 Å². The molecule has 7 heteroatoms. The minimum atomic E-state index is -0.671. The molecule has 2 rings (SSSR count). The Kier molecular flexibility index (Phi) is 3.36. The van der Waals surface area contributed by atoms with Crippen LogP contribution in [-0.2, 0) is 9.59 Å². The van der Waals surface area contributed by atoms with E-state index in [1.165, 1.54) is 6.33 Å². The molecule has 2 amide bonds. The van der Waals surface area contributed by atoms with Gasteiger partial charge in [0.1, 0.15) is 6.33 Å². The quantitative estimate of drug-likeness (QED) is 0.673. The van der Waals surface area contributed by atoms with E-state index in [1.807, 2.05) is 0 Å². The number of nitrogens with zero attached hydrogens (tertiary/aromatic N) is 3. The first-order valence-electron chi connectivity index (χ1n) is 5.62. The van der Waals surface area contributed by atoms with Gasteiger partial charge in [-0.1, -0.05) is 6.92 Å². The summed E-state index contributed by atoms with van der Waals surface area (Å²) in [4.78, 5) is 28.8. The summed E-state index contributed by atoms with van der Waals surface area (Å²) in [6, 6.07) is 0. The number of aromatic amines is 1. The average molecular weight is 237 g/mol. The monoisotopic (exact) mass is 237 g/mol. The van der Waals surface area contributed by atoms with Crippen LogP contribution in [0.15, 0.2) is 6.33 Å². The summed E-state index contributed by atoms with van der Waals surface area (Å²) in [7, 11) is 0. The zero-order valence-electron chi connectivity index (χ0n) is 9.64. The predicted molar refractivity (Wildman–Crippen MR) is 60.0 cm³/mol. The summed E-state index contributed by atoms with van der Waals surface area (Å²) in [5.74, 6) is -0.539. The number of H-pyrrole nitrogens is 1. The number of carbonyl (C=O) groups excluding carboxylic acids is 2. The second kappa shape index (κ2) is 4.94. The third-order valence-electron chi connectivity index (χ3n) is 2.79. The molecule has 0 bridgehead atoms. The lowest BCUT2D eigenvalue weighted by Gasteiger charge is -2.30. The van der Waals surface area contributed by atoms with Crippen molar-refractivity contribution in [2.75, 3.05) is 18.4 Å². The lowest BCUT2D eigenvalue weighted by atomic mass is 10.0. The largest absolute Gasteiger partial charge is 0.334 e. The number of amides is 2. The number of anilines is 1. The number of carbonyl (C=O) groups is 2. The number of piperidine rings is 1. The maximum absolute atomic E-state index is 11.8. The molecule has 1 saturated heterocycles. The second-order valence-electron chi connectivity index (χ2n) is 4.29. The van der Waals surface area contributed by atoms with E-state index in [0.29, 0.717) is 19.0 Å². The fourth-order valence-electron chi connectivity index (χ4n) is 1.94. The van der Waals surface area contributed by atoms with Crippen molar-refractivity contribution in [2.24, 2.45) is 5.92 Å². The molecule has 2 heterocycles. The number of likely N-dealkylation sites (tertiary alicyclic amines) is 1. The van der Waals surface area contributed by atoms with Crippen LogP contribution in [0.3, 0.4) is 0 Å². The van der Waals surface area contributed by atoms with Gasteiger partial charge < -0.3 is 4.90 Å². The van der Waals surface area contributed by atoms with Crippen LogP contribution in [0.25, 0.3) is 0 Å². The van der Waals surface area contributed by atoms with Crippen LogP contribution in [0.2, 0.25) is 0 Å². The lowest BCUT2D eigenvalue weighted by Crippen LogP contribution is -2.44. The van der Waals surface area contributed by atoms with Crippen LogP contribution >= 0.6 is 0 Å². The number of hydrogen-bond donors (Lipinski definition) is 2. The van der Waals surface area contributed by atoms with E-state index in [-0.39, 0.29) is 5.95 Å². The summed E-state index contributed by atoms with van der Waals surface area (Å²) < 4.78 is 0. The molecule has 1 unspecified atom stereocenters. The third-order valence-corrected chi connectivity index (χ3v) is 2.79. The molecule has 0 radical (unpaired) electrons. The fraction of sp³-hybridized carbons (Fsp3) is 0.600.